The first-order valence-electron chi connectivity index (χ1n) is 4.18. The first kappa shape index (κ1) is 9.20. The van der Waals surface area contributed by atoms with Gasteiger partial charge in [-0.1, -0.05) is 0 Å². The summed E-state index contributed by atoms with van der Waals surface area (Å²) in [5, 5.41) is 16.7. The molecule has 2 rings (SSSR count). The number of nitrogens with zero attached hydrogens (tertiary/aromatic N) is 3. The van der Waals surface area contributed by atoms with Gasteiger partial charge in [0.1, 0.15) is 5.69 Å². The van der Waals surface area contributed by atoms with E-state index >= 15 is 0 Å². The summed E-state index contributed by atoms with van der Waals surface area (Å²) in [6.45, 7) is 0. The molecule has 0 aliphatic carbocycles. The Kier molecular flexibility index (Phi) is 2.09. The van der Waals surface area contributed by atoms with Crippen LogP contribution in [0.3, 0.4) is 0 Å². The smallest absolute Gasteiger partial charge is 0.338 e. The maximum atomic E-state index is 10.9. The molecule has 0 saturated heterocycles. The van der Waals surface area contributed by atoms with Crippen molar-refractivity contribution in [3.05, 3.63) is 36.2 Å². The van der Waals surface area contributed by atoms with E-state index in [1.807, 2.05) is 0 Å². The maximum absolute atomic E-state index is 10.9. The highest BCUT2D eigenvalue weighted by molar-refractivity contribution is 5.92. The lowest BCUT2D eigenvalue weighted by Crippen LogP contribution is -2.08. The van der Waals surface area contributed by atoms with Crippen LogP contribution in [0, 0.1) is 0 Å². The molecule has 0 aliphatic rings. The number of carbonyl (C=O) groups is 1. The van der Waals surface area contributed by atoms with Gasteiger partial charge in [0.15, 0.2) is 0 Å². The van der Waals surface area contributed by atoms with Crippen molar-refractivity contribution in [1.29, 1.82) is 0 Å². The van der Waals surface area contributed by atoms with Crippen LogP contribution in [0.4, 0.5) is 5.69 Å². The summed E-state index contributed by atoms with van der Waals surface area (Å²) in [7, 11) is 0. The van der Waals surface area contributed by atoms with Gasteiger partial charge in [0, 0.05) is 5.69 Å². The second kappa shape index (κ2) is 3.41. The molecule has 3 N–H and O–H groups in total. The Bertz CT molecular complexity index is 493. The van der Waals surface area contributed by atoms with Crippen LogP contribution in [-0.4, -0.2) is 26.1 Å². The van der Waals surface area contributed by atoms with E-state index in [0.29, 0.717) is 11.4 Å². The van der Waals surface area contributed by atoms with Gasteiger partial charge in [-0.05, 0) is 18.2 Å². The molecule has 2 aromatic rings. The van der Waals surface area contributed by atoms with Gasteiger partial charge in [0.05, 0.1) is 18.0 Å². The highest BCUT2D eigenvalue weighted by Gasteiger charge is 2.12. The van der Waals surface area contributed by atoms with Crippen LogP contribution in [0.2, 0.25) is 0 Å². The summed E-state index contributed by atoms with van der Waals surface area (Å²) in [5.74, 6) is -1.06. The largest absolute Gasteiger partial charge is 0.478 e. The summed E-state index contributed by atoms with van der Waals surface area (Å²) >= 11 is 0. The predicted octanol–water partition coefficient (Wildman–Crippen LogP) is 0.548. The standard InChI is InChI=1S/C9H8N4O2/c10-6-1-2-8(7(5-6)9(14)15)13-11-3-4-12-13/h1-5H,10H2,(H,14,15). The highest BCUT2D eigenvalue weighted by Crippen LogP contribution is 2.16. The van der Waals surface area contributed by atoms with Crippen molar-refractivity contribution in [2.45, 2.75) is 0 Å². The van der Waals surface area contributed by atoms with Crippen molar-refractivity contribution < 1.29 is 9.90 Å². The van der Waals surface area contributed by atoms with Crippen molar-refractivity contribution in [3.63, 3.8) is 0 Å². The molecule has 0 saturated carbocycles. The number of carboxylic acids is 1. The Morgan fingerprint density at radius 3 is 2.60 bits per heavy atom. The minimum Gasteiger partial charge on any atom is -0.478 e. The van der Waals surface area contributed by atoms with E-state index in [4.69, 9.17) is 10.8 Å². The summed E-state index contributed by atoms with van der Waals surface area (Å²) in [5.41, 5.74) is 6.36. The summed E-state index contributed by atoms with van der Waals surface area (Å²) in [6.07, 6.45) is 2.95. The maximum Gasteiger partial charge on any atom is 0.338 e. The lowest BCUT2D eigenvalue weighted by atomic mass is 10.1. The molecule has 15 heavy (non-hydrogen) atoms. The number of aromatic carboxylic acids is 1. The quantitative estimate of drug-likeness (QED) is 0.696. The number of nitrogen functional groups attached to an aromatic ring is 1. The monoisotopic (exact) mass is 204 g/mol. The molecule has 0 aliphatic heterocycles. The fraction of sp³-hybridized carbons (Fsp3) is 0. The number of nitrogens with two attached hydrogens (primary N) is 1. The minimum absolute atomic E-state index is 0.0752. The van der Waals surface area contributed by atoms with Gasteiger partial charge in [-0.3, -0.25) is 0 Å². The molecule has 0 atom stereocenters. The molecule has 0 radical (unpaired) electrons. The van der Waals surface area contributed by atoms with Crippen molar-refractivity contribution in [2.24, 2.45) is 0 Å². The first-order chi connectivity index (χ1) is 7.18. The summed E-state index contributed by atoms with van der Waals surface area (Å²) in [6, 6.07) is 4.55. The van der Waals surface area contributed by atoms with Crippen molar-refractivity contribution >= 4 is 11.7 Å². The van der Waals surface area contributed by atoms with Crippen LogP contribution in [0.15, 0.2) is 30.6 Å². The Morgan fingerprint density at radius 1 is 1.33 bits per heavy atom. The molecular formula is C9H8N4O2. The van der Waals surface area contributed by atoms with Gasteiger partial charge < -0.3 is 10.8 Å². The van der Waals surface area contributed by atoms with Gasteiger partial charge in [0.2, 0.25) is 0 Å². The number of aromatic nitrogens is 3. The van der Waals surface area contributed by atoms with Crippen molar-refractivity contribution in [3.8, 4) is 5.69 Å². The van der Waals surface area contributed by atoms with Crippen LogP contribution in [0.25, 0.3) is 5.69 Å². The Hall–Kier alpha value is -2.37. The molecule has 0 spiro atoms. The normalized spacial score (nSPS) is 10.1. The third kappa shape index (κ3) is 1.64. The van der Waals surface area contributed by atoms with Gasteiger partial charge in [0.25, 0.3) is 0 Å². The molecule has 6 nitrogen and oxygen atoms in total. The number of anilines is 1. The Labute approximate surface area is 84.9 Å². The molecule has 0 fully saturated rings. The average Bonchev–Trinajstić information content (AvgIpc) is 2.70. The lowest BCUT2D eigenvalue weighted by molar-refractivity contribution is 0.0696. The van der Waals surface area contributed by atoms with Gasteiger partial charge >= 0.3 is 5.97 Å². The predicted molar refractivity (Wildman–Crippen MR) is 52.7 cm³/mol. The van der Waals surface area contributed by atoms with Gasteiger partial charge in [-0.25, -0.2) is 4.79 Å². The van der Waals surface area contributed by atoms with E-state index in [1.54, 1.807) is 12.1 Å². The number of benzene rings is 1. The van der Waals surface area contributed by atoms with E-state index in [-0.39, 0.29) is 5.56 Å². The number of rotatable bonds is 2. The van der Waals surface area contributed by atoms with E-state index in [0.717, 1.165) is 0 Å². The molecule has 6 heteroatoms. The minimum atomic E-state index is -1.06. The Balaban J connectivity index is 2.61. The summed E-state index contributed by atoms with van der Waals surface area (Å²) in [4.78, 5) is 12.2. The lowest BCUT2D eigenvalue weighted by Gasteiger charge is -2.05. The van der Waals surface area contributed by atoms with Gasteiger partial charge in [-0.15, -0.1) is 0 Å². The Morgan fingerprint density at radius 2 is 2.00 bits per heavy atom. The van der Waals surface area contributed by atoms with Crippen LogP contribution in [0.1, 0.15) is 10.4 Å². The van der Waals surface area contributed by atoms with Crippen LogP contribution >= 0.6 is 0 Å². The molecule has 0 bridgehead atoms. The molecule has 1 heterocycles. The molecule has 1 aromatic heterocycles. The van der Waals surface area contributed by atoms with Crippen LogP contribution < -0.4 is 5.73 Å². The third-order valence-electron chi connectivity index (χ3n) is 1.89. The molecule has 1 aromatic carbocycles. The molecule has 0 unspecified atom stereocenters. The fourth-order valence-corrected chi connectivity index (χ4v) is 1.24. The second-order valence-electron chi connectivity index (χ2n) is 2.90. The molecular weight excluding hydrogens is 196 g/mol. The van der Waals surface area contributed by atoms with E-state index in [9.17, 15) is 4.79 Å². The number of hydrogen-bond acceptors (Lipinski definition) is 4. The van der Waals surface area contributed by atoms with Crippen LogP contribution in [-0.2, 0) is 0 Å². The molecule has 0 amide bonds. The zero-order valence-electron chi connectivity index (χ0n) is 7.66. The van der Waals surface area contributed by atoms with Crippen molar-refractivity contribution in [1.82, 2.24) is 15.0 Å². The molecule has 76 valence electrons. The fourth-order valence-electron chi connectivity index (χ4n) is 1.24. The van der Waals surface area contributed by atoms with Gasteiger partial charge in [-0.2, -0.15) is 15.0 Å². The first-order valence-corrected chi connectivity index (χ1v) is 4.18. The van der Waals surface area contributed by atoms with Crippen LogP contribution in [0.5, 0.6) is 0 Å². The van der Waals surface area contributed by atoms with E-state index < -0.39 is 5.97 Å². The number of hydrogen-bond donors (Lipinski definition) is 2. The highest BCUT2D eigenvalue weighted by atomic mass is 16.4. The third-order valence-corrected chi connectivity index (χ3v) is 1.89. The van der Waals surface area contributed by atoms with E-state index in [1.165, 1.54) is 23.3 Å². The SMILES string of the molecule is Nc1ccc(-n2nccn2)c(C(=O)O)c1. The average molecular weight is 204 g/mol. The van der Waals surface area contributed by atoms with E-state index in [2.05, 4.69) is 10.2 Å². The zero-order valence-corrected chi connectivity index (χ0v) is 7.66. The topological polar surface area (TPSA) is 94.0 Å². The number of carboxylic acid groups (broad SMARTS) is 1. The second-order valence-corrected chi connectivity index (χ2v) is 2.90. The summed E-state index contributed by atoms with van der Waals surface area (Å²) < 4.78 is 0. The zero-order chi connectivity index (χ0) is 10.8. The van der Waals surface area contributed by atoms with Crippen molar-refractivity contribution in [2.75, 3.05) is 5.73 Å².